The molecule has 0 unspecified atom stereocenters. The summed E-state index contributed by atoms with van der Waals surface area (Å²) in [7, 11) is 1.36. The quantitative estimate of drug-likeness (QED) is 0.934. The van der Waals surface area contributed by atoms with E-state index in [1.54, 1.807) is 11.3 Å². The maximum atomic E-state index is 10.9. The second kappa shape index (κ2) is 6.33. The number of thiazole rings is 1. The van der Waals surface area contributed by atoms with Gasteiger partial charge in [-0.05, 0) is 12.5 Å². The van der Waals surface area contributed by atoms with E-state index in [9.17, 15) is 4.79 Å². The normalized spacial score (nSPS) is 10.2. The number of amides is 1. The summed E-state index contributed by atoms with van der Waals surface area (Å²) in [5, 5.41) is 5.69. The fourth-order valence-corrected chi connectivity index (χ4v) is 2.67. The Morgan fingerprint density at radius 3 is 2.95 bits per heavy atom. The molecule has 0 radical (unpaired) electrons. The van der Waals surface area contributed by atoms with Crippen molar-refractivity contribution in [2.45, 2.75) is 13.3 Å². The number of ether oxygens (including phenoxy) is 1. The highest BCUT2D eigenvalue weighted by Crippen LogP contribution is 2.26. The van der Waals surface area contributed by atoms with Crippen molar-refractivity contribution >= 4 is 17.4 Å². The van der Waals surface area contributed by atoms with Crippen LogP contribution in [0.4, 0.5) is 4.79 Å². The first-order valence-electron chi connectivity index (χ1n) is 6.03. The van der Waals surface area contributed by atoms with Gasteiger partial charge in [-0.3, -0.25) is 0 Å². The standard InChI is InChI=1S/C14H16N2O2S/c1-10-5-3-4-6-12(10)13-16-11(9-19-13)7-8-15-14(17)18-2/h3-6,9H,7-8H2,1-2H3,(H,15,17). The van der Waals surface area contributed by atoms with Gasteiger partial charge in [0.2, 0.25) is 0 Å². The average Bonchev–Trinajstić information content (AvgIpc) is 2.87. The topological polar surface area (TPSA) is 51.2 Å². The Kier molecular flexibility index (Phi) is 4.52. The van der Waals surface area contributed by atoms with Gasteiger partial charge >= 0.3 is 6.09 Å². The van der Waals surface area contributed by atoms with E-state index in [-0.39, 0.29) is 0 Å². The molecule has 0 aliphatic rings. The molecular formula is C14H16N2O2S. The number of carbonyl (C=O) groups excluding carboxylic acids is 1. The molecule has 1 aromatic heterocycles. The second-order valence-electron chi connectivity index (χ2n) is 4.13. The van der Waals surface area contributed by atoms with Gasteiger partial charge in [-0.2, -0.15) is 0 Å². The largest absolute Gasteiger partial charge is 0.453 e. The SMILES string of the molecule is COC(=O)NCCc1csc(-c2ccccc2C)n1. The predicted octanol–water partition coefficient (Wildman–Crippen LogP) is 3.02. The first-order valence-corrected chi connectivity index (χ1v) is 6.91. The van der Waals surface area contributed by atoms with Crippen LogP contribution in [-0.2, 0) is 11.2 Å². The zero-order chi connectivity index (χ0) is 13.7. The lowest BCUT2D eigenvalue weighted by Crippen LogP contribution is -2.25. The summed E-state index contributed by atoms with van der Waals surface area (Å²) < 4.78 is 4.51. The molecule has 0 bridgehead atoms. The molecule has 5 heteroatoms. The van der Waals surface area contributed by atoms with Crippen molar-refractivity contribution in [3.63, 3.8) is 0 Å². The Balaban J connectivity index is 2.00. The van der Waals surface area contributed by atoms with Crippen LogP contribution in [0.15, 0.2) is 29.6 Å². The first-order chi connectivity index (χ1) is 9.20. The smallest absolute Gasteiger partial charge is 0.406 e. The molecule has 1 aromatic carbocycles. The Hall–Kier alpha value is -1.88. The summed E-state index contributed by atoms with van der Waals surface area (Å²) in [6.07, 6.45) is 0.298. The van der Waals surface area contributed by atoms with Crippen molar-refractivity contribution in [2.75, 3.05) is 13.7 Å². The number of methoxy groups -OCH3 is 1. The van der Waals surface area contributed by atoms with Crippen LogP contribution in [0.3, 0.4) is 0 Å². The minimum atomic E-state index is -0.408. The van der Waals surface area contributed by atoms with Crippen LogP contribution in [-0.4, -0.2) is 24.7 Å². The number of rotatable bonds is 4. The van der Waals surface area contributed by atoms with E-state index in [4.69, 9.17) is 0 Å². The highest BCUT2D eigenvalue weighted by Gasteiger charge is 2.07. The van der Waals surface area contributed by atoms with Crippen molar-refractivity contribution in [3.8, 4) is 10.6 Å². The molecule has 2 aromatic rings. The van der Waals surface area contributed by atoms with Gasteiger partial charge in [0, 0.05) is 23.9 Å². The Labute approximate surface area is 116 Å². The molecule has 0 aliphatic carbocycles. The molecule has 0 atom stereocenters. The van der Waals surface area contributed by atoms with E-state index in [1.165, 1.54) is 18.2 Å². The summed E-state index contributed by atoms with van der Waals surface area (Å²) in [5.41, 5.74) is 3.37. The van der Waals surface area contributed by atoms with Gasteiger partial charge in [0.25, 0.3) is 0 Å². The molecule has 1 N–H and O–H groups in total. The fourth-order valence-electron chi connectivity index (χ4n) is 1.72. The summed E-state index contributed by atoms with van der Waals surface area (Å²) in [5.74, 6) is 0. The lowest BCUT2D eigenvalue weighted by Gasteiger charge is -2.02. The first kappa shape index (κ1) is 13.5. The summed E-state index contributed by atoms with van der Waals surface area (Å²) >= 11 is 1.63. The maximum absolute atomic E-state index is 10.9. The van der Waals surface area contributed by atoms with Gasteiger partial charge in [-0.25, -0.2) is 9.78 Å². The van der Waals surface area contributed by atoms with E-state index in [0.29, 0.717) is 13.0 Å². The highest BCUT2D eigenvalue weighted by atomic mass is 32.1. The van der Waals surface area contributed by atoms with Crippen molar-refractivity contribution in [1.29, 1.82) is 0 Å². The molecule has 4 nitrogen and oxygen atoms in total. The van der Waals surface area contributed by atoms with Crippen molar-refractivity contribution in [3.05, 3.63) is 40.9 Å². The number of benzene rings is 1. The van der Waals surface area contributed by atoms with Crippen molar-refractivity contribution < 1.29 is 9.53 Å². The van der Waals surface area contributed by atoms with Crippen LogP contribution in [0.25, 0.3) is 10.6 Å². The van der Waals surface area contributed by atoms with E-state index in [2.05, 4.69) is 34.1 Å². The third-order valence-electron chi connectivity index (χ3n) is 2.76. The second-order valence-corrected chi connectivity index (χ2v) is 4.99. The zero-order valence-corrected chi connectivity index (χ0v) is 11.8. The molecule has 0 saturated heterocycles. The monoisotopic (exact) mass is 276 g/mol. The third kappa shape index (κ3) is 3.54. The van der Waals surface area contributed by atoms with Crippen LogP contribution in [0.5, 0.6) is 0 Å². The molecule has 1 heterocycles. The van der Waals surface area contributed by atoms with Gasteiger partial charge in [0.05, 0.1) is 12.8 Å². The number of carbonyl (C=O) groups is 1. The van der Waals surface area contributed by atoms with E-state index >= 15 is 0 Å². The lowest BCUT2D eigenvalue weighted by molar-refractivity contribution is 0.171. The molecular weight excluding hydrogens is 260 g/mol. The predicted molar refractivity (Wildman–Crippen MR) is 76.4 cm³/mol. The minimum absolute atomic E-state index is 0.408. The number of nitrogens with one attached hydrogen (secondary N) is 1. The lowest BCUT2D eigenvalue weighted by atomic mass is 10.1. The van der Waals surface area contributed by atoms with Gasteiger partial charge in [-0.1, -0.05) is 24.3 Å². The molecule has 1 amide bonds. The molecule has 100 valence electrons. The number of hydrogen-bond donors (Lipinski definition) is 1. The zero-order valence-electron chi connectivity index (χ0n) is 11.0. The highest BCUT2D eigenvalue weighted by molar-refractivity contribution is 7.13. The maximum Gasteiger partial charge on any atom is 0.406 e. The van der Waals surface area contributed by atoms with E-state index < -0.39 is 6.09 Å². The van der Waals surface area contributed by atoms with Crippen LogP contribution < -0.4 is 5.32 Å². The van der Waals surface area contributed by atoms with E-state index in [1.807, 2.05) is 17.5 Å². The van der Waals surface area contributed by atoms with Crippen LogP contribution in [0.1, 0.15) is 11.3 Å². The van der Waals surface area contributed by atoms with Crippen molar-refractivity contribution in [2.24, 2.45) is 0 Å². The molecule has 0 fully saturated rings. The van der Waals surface area contributed by atoms with Crippen LogP contribution >= 0.6 is 11.3 Å². The van der Waals surface area contributed by atoms with Crippen molar-refractivity contribution in [1.82, 2.24) is 10.3 Å². The summed E-state index contributed by atoms with van der Waals surface area (Å²) in [6.45, 7) is 2.61. The number of aromatic nitrogens is 1. The van der Waals surface area contributed by atoms with E-state index in [0.717, 1.165) is 10.7 Å². The molecule has 0 spiro atoms. The van der Waals surface area contributed by atoms with Gasteiger partial charge < -0.3 is 10.1 Å². The number of nitrogens with zero attached hydrogens (tertiary/aromatic N) is 1. The number of aryl methyl sites for hydroxylation is 1. The third-order valence-corrected chi connectivity index (χ3v) is 3.69. The minimum Gasteiger partial charge on any atom is -0.453 e. The number of hydrogen-bond acceptors (Lipinski definition) is 4. The van der Waals surface area contributed by atoms with Gasteiger partial charge in [0.1, 0.15) is 5.01 Å². The molecule has 19 heavy (non-hydrogen) atoms. The fraction of sp³-hybridized carbons (Fsp3) is 0.286. The van der Waals surface area contributed by atoms with Crippen LogP contribution in [0.2, 0.25) is 0 Å². The Bertz CT molecular complexity index is 566. The summed E-state index contributed by atoms with van der Waals surface area (Å²) in [6, 6.07) is 8.19. The average molecular weight is 276 g/mol. The molecule has 0 aliphatic heterocycles. The molecule has 0 saturated carbocycles. The number of alkyl carbamates (subject to hydrolysis) is 1. The van der Waals surface area contributed by atoms with Gasteiger partial charge in [-0.15, -0.1) is 11.3 Å². The summed E-state index contributed by atoms with van der Waals surface area (Å²) in [4.78, 5) is 15.5. The Morgan fingerprint density at radius 1 is 1.42 bits per heavy atom. The molecule has 2 rings (SSSR count). The van der Waals surface area contributed by atoms with Crippen LogP contribution in [0, 0.1) is 6.92 Å². The van der Waals surface area contributed by atoms with Gasteiger partial charge in [0.15, 0.2) is 0 Å². The Morgan fingerprint density at radius 2 is 2.21 bits per heavy atom.